The molecule has 0 saturated heterocycles. The van der Waals surface area contributed by atoms with Crippen LogP contribution in [-0.4, -0.2) is 17.4 Å². The molecule has 1 unspecified atom stereocenters. The zero-order valence-electron chi connectivity index (χ0n) is 9.14. The Morgan fingerprint density at radius 3 is 2.62 bits per heavy atom. The van der Waals surface area contributed by atoms with Crippen molar-refractivity contribution >= 4 is 12.3 Å². The van der Waals surface area contributed by atoms with Gasteiger partial charge in [-0.25, -0.2) is 4.79 Å². The fraction of sp³-hybridized carbons (Fsp3) is 0.333. The molecule has 0 aliphatic rings. The van der Waals surface area contributed by atoms with E-state index in [1.165, 1.54) is 0 Å². The molecule has 4 heteroatoms. The van der Waals surface area contributed by atoms with Crippen LogP contribution in [0, 0.1) is 6.92 Å². The van der Waals surface area contributed by atoms with Crippen molar-refractivity contribution in [1.82, 2.24) is 0 Å². The van der Waals surface area contributed by atoms with Gasteiger partial charge >= 0.3 is 5.97 Å². The molecule has 1 atom stereocenters. The Bertz CT molecular complexity index is 403. The van der Waals surface area contributed by atoms with E-state index in [1.807, 2.05) is 6.07 Å². The molecule has 86 valence electrons. The summed E-state index contributed by atoms with van der Waals surface area (Å²) < 4.78 is 0. The van der Waals surface area contributed by atoms with Gasteiger partial charge in [-0.1, -0.05) is 24.3 Å². The zero-order valence-corrected chi connectivity index (χ0v) is 9.14. The number of benzene rings is 1. The monoisotopic (exact) mass is 221 g/mol. The van der Waals surface area contributed by atoms with Gasteiger partial charge in [0.25, 0.3) is 0 Å². The van der Waals surface area contributed by atoms with Gasteiger partial charge in [0.2, 0.25) is 0 Å². The number of aldehydes is 1. The van der Waals surface area contributed by atoms with Crippen LogP contribution in [0.2, 0.25) is 0 Å². The van der Waals surface area contributed by atoms with E-state index >= 15 is 0 Å². The van der Waals surface area contributed by atoms with Gasteiger partial charge < -0.3 is 15.6 Å². The van der Waals surface area contributed by atoms with E-state index in [9.17, 15) is 14.7 Å². The number of hydrogen-bond acceptors (Lipinski definition) is 3. The van der Waals surface area contributed by atoms with Crippen molar-refractivity contribution in [3.8, 4) is 0 Å². The number of aryl methyl sites for hydroxylation is 1. The van der Waals surface area contributed by atoms with Crippen LogP contribution in [0.25, 0.3) is 0 Å². The van der Waals surface area contributed by atoms with Gasteiger partial charge in [-0.3, -0.25) is 0 Å². The lowest BCUT2D eigenvalue weighted by molar-refractivity contribution is -0.144. The summed E-state index contributed by atoms with van der Waals surface area (Å²) in [7, 11) is 0. The summed E-state index contributed by atoms with van der Waals surface area (Å²) in [4.78, 5) is 21.6. The smallest absolute Gasteiger partial charge is 0.328 e. The minimum Gasteiger partial charge on any atom is -0.480 e. The van der Waals surface area contributed by atoms with E-state index in [-0.39, 0.29) is 12.8 Å². The lowest BCUT2D eigenvalue weighted by atomic mass is 9.84. The van der Waals surface area contributed by atoms with Gasteiger partial charge in [-0.2, -0.15) is 0 Å². The summed E-state index contributed by atoms with van der Waals surface area (Å²) in [6, 6.07) is 7.06. The van der Waals surface area contributed by atoms with Gasteiger partial charge in [0.15, 0.2) is 0 Å². The van der Waals surface area contributed by atoms with Crippen LogP contribution >= 0.6 is 0 Å². The summed E-state index contributed by atoms with van der Waals surface area (Å²) in [5.74, 6) is -1.11. The van der Waals surface area contributed by atoms with Crippen LogP contribution in [0.5, 0.6) is 0 Å². The Hall–Kier alpha value is -1.68. The minimum atomic E-state index is -1.48. The Morgan fingerprint density at radius 2 is 2.12 bits per heavy atom. The number of carbonyl (C=O) groups is 2. The molecule has 0 bridgehead atoms. The SMILES string of the molecule is Cc1ccccc1C(N)(CCC=O)C(=O)O. The maximum absolute atomic E-state index is 11.2. The summed E-state index contributed by atoms with van der Waals surface area (Å²) >= 11 is 0. The summed E-state index contributed by atoms with van der Waals surface area (Å²) in [5, 5.41) is 9.20. The average molecular weight is 221 g/mol. The molecule has 1 aromatic rings. The molecule has 1 aromatic carbocycles. The Kier molecular flexibility index (Phi) is 3.79. The highest BCUT2D eigenvalue weighted by Gasteiger charge is 2.36. The number of aliphatic carboxylic acids is 1. The first-order chi connectivity index (χ1) is 7.52. The molecule has 0 radical (unpaired) electrons. The van der Waals surface area contributed by atoms with Crippen LogP contribution < -0.4 is 5.73 Å². The molecule has 0 aliphatic heterocycles. The first-order valence-corrected chi connectivity index (χ1v) is 5.04. The summed E-state index contributed by atoms with van der Waals surface area (Å²) in [6.07, 6.45) is 0.927. The second-order valence-electron chi connectivity index (χ2n) is 3.80. The van der Waals surface area contributed by atoms with E-state index < -0.39 is 11.5 Å². The van der Waals surface area contributed by atoms with Gasteiger partial charge in [0, 0.05) is 6.42 Å². The lowest BCUT2D eigenvalue weighted by Gasteiger charge is -2.26. The second-order valence-corrected chi connectivity index (χ2v) is 3.80. The van der Waals surface area contributed by atoms with Crippen molar-refractivity contribution in [3.63, 3.8) is 0 Å². The molecule has 0 amide bonds. The molecular formula is C12H15NO3. The van der Waals surface area contributed by atoms with Gasteiger partial charge in [0.05, 0.1) is 0 Å². The van der Waals surface area contributed by atoms with Gasteiger partial charge in [-0.15, -0.1) is 0 Å². The molecule has 0 aromatic heterocycles. The largest absolute Gasteiger partial charge is 0.480 e. The molecule has 0 fully saturated rings. The van der Waals surface area contributed by atoms with Crippen LogP contribution in [0.15, 0.2) is 24.3 Å². The highest BCUT2D eigenvalue weighted by Crippen LogP contribution is 2.26. The predicted octanol–water partition coefficient (Wildman–Crippen LogP) is 1.21. The molecule has 0 spiro atoms. The maximum Gasteiger partial charge on any atom is 0.328 e. The minimum absolute atomic E-state index is 0.108. The van der Waals surface area contributed by atoms with Crippen molar-refractivity contribution < 1.29 is 14.7 Å². The number of nitrogens with two attached hydrogens (primary N) is 1. The third-order valence-electron chi connectivity index (χ3n) is 2.66. The van der Waals surface area contributed by atoms with Crippen LogP contribution in [0.4, 0.5) is 0 Å². The molecule has 1 rings (SSSR count). The van der Waals surface area contributed by atoms with Crippen molar-refractivity contribution in [2.24, 2.45) is 5.73 Å². The highest BCUT2D eigenvalue weighted by molar-refractivity contribution is 5.81. The standard InChI is InChI=1S/C12H15NO3/c1-9-5-2-3-6-10(9)12(13,11(15)16)7-4-8-14/h2-3,5-6,8H,4,7,13H2,1H3,(H,15,16). The Labute approximate surface area is 94.1 Å². The van der Waals surface area contributed by atoms with Crippen LogP contribution in [-0.2, 0) is 15.1 Å². The fourth-order valence-corrected chi connectivity index (χ4v) is 1.72. The normalized spacial score (nSPS) is 14.1. The third kappa shape index (κ3) is 2.28. The number of carboxylic acid groups (broad SMARTS) is 1. The topological polar surface area (TPSA) is 80.4 Å². The first-order valence-electron chi connectivity index (χ1n) is 5.04. The van der Waals surface area contributed by atoms with E-state index in [2.05, 4.69) is 0 Å². The third-order valence-corrected chi connectivity index (χ3v) is 2.66. The number of carbonyl (C=O) groups excluding carboxylic acids is 1. The van der Waals surface area contributed by atoms with Crippen molar-refractivity contribution in [2.45, 2.75) is 25.3 Å². The van der Waals surface area contributed by atoms with Crippen LogP contribution in [0.1, 0.15) is 24.0 Å². The van der Waals surface area contributed by atoms with Gasteiger partial charge in [0.1, 0.15) is 11.8 Å². The molecule has 0 saturated carbocycles. The first kappa shape index (κ1) is 12.4. The number of hydrogen-bond donors (Lipinski definition) is 2. The van der Waals surface area contributed by atoms with Crippen LogP contribution in [0.3, 0.4) is 0 Å². The highest BCUT2D eigenvalue weighted by atomic mass is 16.4. The van der Waals surface area contributed by atoms with Crippen molar-refractivity contribution in [3.05, 3.63) is 35.4 Å². The maximum atomic E-state index is 11.2. The van der Waals surface area contributed by atoms with Gasteiger partial charge in [-0.05, 0) is 24.5 Å². The zero-order chi connectivity index (χ0) is 12.2. The predicted molar refractivity (Wildman–Crippen MR) is 60.0 cm³/mol. The quantitative estimate of drug-likeness (QED) is 0.732. The van der Waals surface area contributed by atoms with E-state index in [0.717, 1.165) is 5.56 Å². The molecule has 0 aliphatic carbocycles. The lowest BCUT2D eigenvalue weighted by Crippen LogP contribution is -2.45. The Morgan fingerprint density at radius 1 is 1.50 bits per heavy atom. The van der Waals surface area contributed by atoms with Crippen molar-refractivity contribution in [1.29, 1.82) is 0 Å². The molecule has 16 heavy (non-hydrogen) atoms. The molecule has 0 heterocycles. The number of carboxylic acids is 1. The molecular weight excluding hydrogens is 206 g/mol. The van der Waals surface area contributed by atoms with Crippen molar-refractivity contribution in [2.75, 3.05) is 0 Å². The second kappa shape index (κ2) is 4.90. The molecule has 4 nitrogen and oxygen atoms in total. The average Bonchev–Trinajstić information content (AvgIpc) is 2.26. The summed E-state index contributed by atoms with van der Waals surface area (Å²) in [6.45, 7) is 1.81. The van der Waals surface area contributed by atoms with E-state index in [4.69, 9.17) is 5.73 Å². The molecule has 3 N–H and O–H groups in total. The van der Waals surface area contributed by atoms with E-state index in [0.29, 0.717) is 11.8 Å². The number of rotatable bonds is 5. The summed E-state index contributed by atoms with van der Waals surface area (Å²) in [5.41, 5.74) is 5.79. The van der Waals surface area contributed by atoms with E-state index in [1.54, 1.807) is 25.1 Å². The Balaban J connectivity index is 3.16. The fourth-order valence-electron chi connectivity index (χ4n) is 1.72.